The quantitative estimate of drug-likeness (QED) is 0.0388. The van der Waals surface area contributed by atoms with Gasteiger partial charge >= 0.3 is 18.1 Å². The average Bonchev–Trinajstić information content (AvgIpc) is 1.61. The van der Waals surface area contributed by atoms with Crippen molar-refractivity contribution < 1.29 is 80.8 Å². The first kappa shape index (κ1) is 68.5. The van der Waals surface area contributed by atoms with E-state index in [0.717, 1.165) is 28.0 Å². The molecular weight excluding hydrogens is 1160 g/mol. The van der Waals surface area contributed by atoms with Crippen molar-refractivity contribution in [1.82, 2.24) is 31.1 Å². The van der Waals surface area contributed by atoms with E-state index in [0.29, 0.717) is 54.1 Å². The standard InChI is InChI=1S/C61H79ClF2N8O15/c1-32(2)53(68-48(74)19-12-11-13-23-72-49(75)20-21-50(72)76)55(78)67-42(17-15-22-66-58(65)81)44(73)28-38-27-41(64)39(29-40(38)63)56(79)70(8)36(6)57(80)86-47-30-51(77)71(9)43-26-37(25-34(4)52(43)62)24-33(3)16-14-18-46(84-10)61(83)31-45(85-59(82)69-61)35(5)54-60(47,7)87-54/h14,16,18,20-21,25-27,29,32,35-36,42,45-47,53-54,83H,11-13,15,17,19,22-24,28,30-31H2,1-10H3,(H,67,78)(H,68,74)(H,69,82)(H3,65,66,81)/b18-14+,33-16+/t35-,36+,42+,45+,46-,47+,53+,54+,60+,61+/m1/s1. The van der Waals surface area contributed by atoms with Crippen molar-refractivity contribution >= 4 is 76.6 Å². The zero-order valence-electron chi connectivity index (χ0n) is 50.6. The van der Waals surface area contributed by atoms with Gasteiger partial charge in [0.05, 0.1) is 34.8 Å². The number of likely N-dealkylation sites (N-methyl/N-ethyl adjacent to an activating group) is 1. The van der Waals surface area contributed by atoms with E-state index in [-0.39, 0.29) is 38.8 Å². The largest absolute Gasteiger partial charge is 0.457 e. The van der Waals surface area contributed by atoms with E-state index in [1.54, 1.807) is 52.8 Å². The number of ketones is 1. The summed E-state index contributed by atoms with van der Waals surface area (Å²) >= 11 is 6.83. The van der Waals surface area contributed by atoms with Crippen molar-refractivity contribution in [3.63, 3.8) is 0 Å². The molecule has 0 spiro atoms. The third-order valence-electron chi connectivity index (χ3n) is 16.3. The van der Waals surface area contributed by atoms with Crippen molar-refractivity contribution in [2.45, 2.75) is 167 Å². The van der Waals surface area contributed by atoms with E-state index >= 15 is 8.78 Å². The fourth-order valence-electron chi connectivity index (χ4n) is 10.9. The number of benzene rings is 2. The maximum absolute atomic E-state index is 16.2. The topological polar surface area (TPSA) is 315 Å². The Morgan fingerprint density at radius 1 is 0.977 bits per heavy atom. The van der Waals surface area contributed by atoms with Gasteiger partial charge in [0.15, 0.2) is 11.5 Å². The maximum Gasteiger partial charge on any atom is 0.409 e. The van der Waals surface area contributed by atoms with Gasteiger partial charge < -0.3 is 55.5 Å². The number of halogens is 3. The number of nitrogens with zero attached hydrogens (tertiary/aromatic N) is 3. The molecule has 4 aliphatic rings. The molecule has 0 radical (unpaired) electrons. The van der Waals surface area contributed by atoms with Gasteiger partial charge in [-0.2, -0.15) is 0 Å². The Balaban J connectivity index is 1.17. The molecule has 26 heteroatoms. The third-order valence-corrected chi connectivity index (χ3v) is 16.8. The highest BCUT2D eigenvalue weighted by atomic mass is 35.5. The Hall–Kier alpha value is -7.61. The summed E-state index contributed by atoms with van der Waals surface area (Å²) in [6, 6.07) is -0.0169. The van der Waals surface area contributed by atoms with Crippen LogP contribution in [0.3, 0.4) is 0 Å². The highest BCUT2D eigenvalue weighted by Gasteiger charge is 2.64. The zero-order chi connectivity index (χ0) is 64.4. The number of unbranched alkanes of at least 4 members (excludes halogenated alkanes) is 2. The number of aryl methyl sites for hydroxylation is 1. The molecule has 87 heavy (non-hydrogen) atoms. The second kappa shape index (κ2) is 29.4. The first-order valence-corrected chi connectivity index (χ1v) is 29.2. The van der Waals surface area contributed by atoms with Crippen molar-refractivity contribution in [3.8, 4) is 0 Å². The number of epoxide rings is 1. The molecule has 0 aliphatic carbocycles. The second-order valence-electron chi connectivity index (χ2n) is 23.3. The van der Waals surface area contributed by atoms with Gasteiger partial charge in [-0.3, -0.25) is 43.8 Å². The normalized spacial score (nSPS) is 25.0. The molecule has 6 rings (SSSR count). The second-order valence-corrected chi connectivity index (χ2v) is 23.6. The lowest BCUT2D eigenvalue weighted by molar-refractivity contribution is -0.158. The van der Waals surface area contributed by atoms with Crippen molar-refractivity contribution in [3.05, 3.63) is 99.1 Å². The molecule has 4 aliphatic heterocycles. The van der Waals surface area contributed by atoms with Crippen LogP contribution < -0.4 is 31.9 Å². The van der Waals surface area contributed by atoms with Crippen LogP contribution in [0.2, 0.25) is 5.02 Å². The van der Waals surface area contributed by atoms with Crippen molar-refractivity contribution in [1.29, 1.82) is 0 Å². The Kier molecular flexibility index (Phi) is 23.1. The first-order chi connectivity index (χ1) is 40.9. The molecule has 2 fully saturated rings. The van der Waals surface area contributed by atoms with E-state index in [4.69, 9.17) is 36.3 Å². The highest BCUT2D eigenvalue weighted by Crippen LogP contribution is 2.49. The first-order valence-electron chi connectivity index (χ1n) is 28.9. The Morgan fingerprint density at radius 2 is 1.67 bits per heavy atom. The number of carbonyl (C=O) groups excluding carboxylic acids is 10. The number of amides is 9. The number of anilines is 1. The van der Waals surface area contributed by atoms with Crippen LogP contribution in [0.1, 0.15) is 120 Å². The Morgan fingerprint density at radius 3 is 2.32 bits per heavy atom. The van der Waals surface area contributed by atoms with Crippen LogP contribution in [-0.4, -0.2) is 162 Å². The number of fused-ring (bicyclic) bond motifs is 5. The van der Waals surface area contributed by atoms with Gasteiger partial charge in [-0.1, -0.05) is 68.7 Å². The van der Waals surface area contributed by atoms with E-state index in [1.807, 2.05) is 19.1 Å². The molecule has 10 atom stereocenters. The van der Waals surface area contributed by atoms with E-state index < -0.39 is 161 Å². The number of nitrogens with one attached hydrogen (secondary N) is 4. The van der Waals surface area contributed by atoms with Crippen LogP contribution in [0.5, 0.6) is 0 Å². The van der Waals surface area contributed by atoms with Crippen molar-refractivity contribution in [2.75, 3.05) is 39.2 Å². The number of primary amides is 1. The molecule has 2 aromatic rings. The molecule has 0 unspecified atom stereocenters. The molecular formula is C61H79ClF2N8O15. The van der Waals surface area contributed by atoms with Gasteiger partial charge in [0.25, 0.3) is 17.7 Å². The molecule has 2 saturated heterocycles. The van der Waals surface area contributed by atoms with Crippen LogP contribution in [0.15, 0.2) is 60.2 Å². The van der Waals surface area contributed by atoms with Crippen molar-refractivity contribution in [2.24, 2.45) is 17.6 Å². The number of hydrogen-bond acceptors (Lipinski definition) is 15. The maximum atomic E-state index is 16.2. The monoisotopic (exact) mass is 1240 g/mol. The van der Waals surface area contributed by atoms with Crippen LogP contribution in [-0.2, 0) is 65.4 Å². The smallest absolute Gasteiger partial charge is 0.409 e. The predicted octanol–water partition coefficient (Wildman–Crippen LogP) is 5.08. The fourth-order valence-corrected chi connectivity index (χ4v) is 11.1. The minimum absolute atomic E-state index is 0.00403. The number of esters is 1. The van der Waals surface area contributed by atoms with Gasteiger partial charge in [-0.25, -0.2) is 23.2 Å². The molecule has 9 amide bonds. The number of alkyl carbamates (subject to hydrolysis) is 1. The van der Waals surface area contributed by atoms with Gasteiger partial charge in [0.1, 0.15) is 47.6 Å². The fraction of sp³-hybridized carbons (Fsp3) is 0.541. The number of urea groups is 1. The Labute approximate surface area is 509 Å². The molecule has 7 N–H and O–H groups in total. The van der Waals surface area contributed by atoms with Gasteiger partial charge in [-0.05, 0) is 101 Å². The minimum Gasteiger partial charge on any atom is -0.457 e. The lowest BCUT2D eigenvalue weighted by Gasteiger charge is -2.42. The predicted molar refractivity (Wildman–Crippen MR) is 313 cm³/mol. The number of aliphatic hydroxyl groups is 1. The summed E-state index contributed by atoms with van der Waals surface area (Å²) in [7, 11) is 4.03. The lowest BCUT2D eigenvalue weighted by atomic mass is 9.83. The molecule has 474 valence electrons. The SMILES string of the molecule is CO[C@@H]1/C=C/C=C(\C)Cc2cc(C)c(Cl)c(c2)N(C)C(=O)C[C@H](OC(=O)[C@H](C)N(C)C(=O)c2cc(F)c(CC(=O)[C@H](CCCNC(N)=O)NC(=O)[C@@H](NC(=O)CCCCCN3C(=O)C=CC3=O)C(C)C)cc2F)[C@]2(C)O[C@H]2[C@H](C)[C@@H]2C[C@@]1(O)NC(=O)O2. The van der Waals surface area contributed by atoms with Crippen LogP contribution in [0.4, 0.5) is 24.1 Å². The molecule has 4 heterocycles. The molecule has 23 nitrogen and oxygen atoms in total. The van der Waals surface area contributed by atoms with E-state index in [9.17, 15) is 53.1 Å². The van der Waals surface area contributed by atoms with Gasteiger partial charge in [-0.15, -0.1) is 0 Å². The highest BCUT2D eigenvalue weighted by molar-refractivity contribution is 6.34. The van der Waals surface area contributed by atoms with E-state index in [1.165, 1.54) is 38.1 Å². The van der Waals surface area contributed by atoms with E-state index in [2.05, 4.69) is 21.3 Å². The summed E-state index contributed by atoms with van der Waals surface area (Å²) in [4.78, 5) is 135. The number of rotatable bonds is 22. The number of Topliss-reactive ketones (excluding diaryl/α,β-unsaturated/α-hetero) is 1. The number of nitrogens with two attached hydrogens (primary N) is 1. The minimum atomic E-state index is -1.95. The average molecular weight is 1240 g/mol. The van der Waals surface area contributed by atoms with Crippen LogP contribution in [0, 0.1) is 30.4 Å². The molecule has 2 aromatic carbocycles. The summed E-state index contributed by atoms with van der Waals surface area (Å²) in [6.45, 7) is 11.7. The number of hydrogen-bond donors (Lipinski definition) is 6. The number of carbonyl (C=O) groups is 10. The molecule has 4 bridgehead atoms. The summed E-state index contributed by atoms with van der Waals surface area (Å²) in [6.07, 6.45) is 2.53. The third kappa shape index (κ3) is 17.1. The van der Waals surface area contributed by atoms with Crippen LogP contribution in [0.25, 0.3) is 0 Å². The summed E-state index contributed by atoms with van der Waals surface area (Å²) in [5, 5.41) is 22.3. The number of allylic oxidation sites excluding steroid dienone is 3. The lowest BCUT2D eigenvalue weighted by Crippen LogP contribution is -2.63. The number of methoxy groups -OCH3 is 1. The van der Waals surface area contributed by atoms with Gasteiger partial charge in [0, 0.05) is 71.6 Å². The number of ether oxygens (including phenoxy) is 4. The van der Waals surface area contributed by atoms with Gasteiger partial charge in [0.2, 0.25) is 17.7 Å². The molecule has 0 aromatic heterocycles. The molecule has 0 saturated carbocycles. The zero-order valence-corrected chi connectivity index (χ0v) is 51.3. The summed E-state index contributed by atoms with van der Waals surface area (Å²) in [5.41, 5.74) is 3.21. The van der Waals surface area contributed by atoms with Crippen LogP contribution >= 0.6 is 11.6 Å². The summed E-state index contributed by atoms with van der Waals surface area (Å²) < 4.78 is 56.0. The Bertz CT molecular complexity index is 3090. The summed E-state index contributed by atoms with van der Waals surface area (Å²) in [5.74, 6) is -9.32. The number of imide groups is 1.